The Bertz CT molecular complexity index is 668. The zero-order valence-electron chi connectivity index (χ0n) is 10.6. The van der Waals surface area contributed by atoms with Crippen LogP contribution in [0.5, 0.6) is 0 Å². The maximum Gasteiger partial charge on any atom is 0.276 e. The van der Waals surface area contributed by atoms with Crippen molar-refractivity contribution in [3.63, 3.8) is 0 Å². The van der Waals surface area contributed by atoms with Crippen LogP contribution in [0.4, 0.5) is 5.82 Å². The molecule has 3 rings (SSSR count). The van der Waals surface area contributed by atoms with E-state index >= 15 is 0 Å². The molecule has 0 atom stereocenters. The number of aliphatic hydroxyl groups is 1. The summed E-state index contributed by atoms with van der Waals surface area (Å²) >= 11 is 3.33. The summed E-state index contributed by atoms with van der Waals surface area (Å²) in [5, 5.41) is 11.8. The summed E-state index contributed by atoms with van der Waals surface area (Å²) in [4.78, 5) is 20.8. The Labute approximate surface area is 124 Å². The summed E-state index contributed by atoms with van der Waals surface area (Å²) in [6.45, 7) is 0.720. The maximum atomic E-state index is 12.4. The Hall–Kier alpha value is -1.73. The molecular weight excluding hydrogens is 324 g/mol. The number of hydrogen-bond donors (Lipinski definition) is 2. The predicted octanol–water partition coefficient (Wildman–Crippen LogP) is 1.73. The standard InChI is InChI=1S/C13H13BrN4O2/c14-12-11(18-5-1-2-10(18)17-12)13(20)16-9-6-8(7-19)3-4-15-9/h3-4,6,19H,1-2,5,7H2,(H,15,16,20). The molecule has 2 aromatic heterocycles. The Morgan fingerprint density at radius 2 is 2.40 bits per heavy atom. The average Bonchev–Trinajstić information content (AvgIpc) is 2.98. The fraction of sp³-hybridized carbons (Fsp3) is 0.308. The Morgan fingerprint density at radius 1 is 1.55 bits per heavy atom. The van der Waals surface area contributed by atoms with E-state index in [1.165, 1.54) is 0 Å². The van der Waals surface area contributed by atoms with Crippen LogP contribution in [0.25, 0.3) is 0 Å². The molecule has 0 saturated heterocycles. The van der Waals surface area contributed by atoms with E-state index in [1.807, 2.05) is 4.57 Å². The minimum absolute atomic E-state index is 0.0861. The maximum absolute atomic E-state index is 12.4. The van der Waals surface area contributed by atoms with Gasteiger partial charge in [0.2, 0.25) is 0 Å². The molecule has 104 valence electrons. The van der Waals surface area contributed by atoms with Crippen LogP contribution >= 0.6 is 15.9 Å². The highest BCUT2D eigenvalue weighted by Crippen LogP contribution is 2.24. The molecule has 2 aromatic rings. The predicted molar refractivity (Wildman–Crippen MR) is 76.4 cm³/mol. The molecule has 0 saturated carbocycles. The summed E-state index contributed by atoms with van der Waals surface area (Å²) < 4.78 is 2.48. The van der Waals surface area contributed by atoms with Crippen LogP contribution in [0.2, 0.25) is 0 Å². The van der Waals surface area contributed by atoms with E-state index in [-0.39, 0.29) is 12.5 Å². The molecule has 0 fully saturated rings. The number of fused-ring (bicyclic) bond motifs is 1. The fourth-order valence-electron chi connectivity index (χ4n) is 2.33. The van der Waals surface area contributed by atoms with Crippen LogP contribution in [0, 0.1) is 0 Å². The third-order valence-corrected chi connectivity index (χ3v) is 3.80. The minimum atomic E-state index is -0.250. The lowest BCUT2D eigenvalue weighted by Crippen LogP contribution is -2.18. The Morgan fingerprint density at radius 3 is 3.20 bits per heavy atom. The lowest BCUT2D eigenvalue weighted by molar-refractivity contribution is 0.101. The van der Waals surface area contributed by atoms with Gasteiger partial charge in [-0.1, -0.05) is 0 Å². The summed E-state index contributed by atoms with van der Waals surface area (Å²) in [7, 11) is 0. The molecule has 0 bridgehead atoms. The highest BCUT2D eigenvalue weighted by Gasteiger charge is 2.24. The van der Waals surface area contributed by atoms with Gasteiger partial charge in [0.05, 0.1) is 6.61 Å². The molecule has 2 N–H and O–H groups in total. The molecule has 1 amide bonds. The van der Waals surface area contributed by atoms with Gasteiger partial charge in [0.25, 0.3) is 5.91 Å². The SMILES string of the molecule is O=C(Nc1cc(CO)ccn1)c1c(Br)nc2n1CCC2. The smallest absolute Gasteiger partial charge is 0.276 e. The molecule has 6 nitrogen and oxygen atoms in total. The second kappa shape index (κ2) is 5.34. The zero-order chi connectivity index (χ0) is 14.1. The zero-order valence-corrected chi connectivity index (χ0v) is 12.2. The number of anilines is 1. The van der Waals surface area contributed by atoms with Crippen molar-refractivity contribution in [1.29, 1.82) is 0 Å². The highest BCUT2D eigenvalue weighted by atomic mass is 79.9. The molecule has 0 aliphatic carbocycles. The molecule has 0 spiro atoms. The second-order valence-electron chi connectivity index (χ2n) is 4.58. The first-order chi connectivity index (χ1) is 9.69. The molecule has 1 aliphatic heterocycles. The molecule has 20 heavy (non-hydrogen) atoms. The number of aromatic nitrogens is 3. The molecule has 0 radical (unpaired) electrons. The third-order valence-electron chi connectivity index (χ3n) is 3.25. The number of rotatable bonds is 3. The summed E-state index contributed by atoms with van der Waals surface area (Å²) in [6, 6.07) is 3.34. The van der Waals surface area contributed by atoms with Gasteiger partial charge in [0.1, 0.15) is 21.9 Å². The normalized spacial score (nSPS) is 13.3. The number of imidazole rings is 1. The number of carbonyl (C=O) groups is 1. The number of aliphatic hydroxyl groups excluding tert-OH is 1. The average molecular weight is 337 g/mol. The van der Waals surface area contributed by atoms with Crippen LogP contribution in [-0.4, -0.2) is 25.5 Å². The number of pyridine rings is 1. The number of hydrogen-bond acceptors (Lipinski definition) is 4. The monoisotopic (exact) mass is 336 g/mol. The number of amides is 1. The molecule has 0 aromatic carbocycles. The van der Waals surface area contributed by atoms with Gasteiger partial charge in [-0.2, -0.15) is 0 Å². The Kier molecular flexibility index (Phi) is 3.54. The van der Waals surface area contributed by atoms with Crippen molar-refractivity contribution in [3.8, 4) is 0 Å². The van der Waals surface area contributed by atoms with Crippen LogP contribution in [-0.2, 0) is 19.6 Å². The van der Waals surface area contributed by atoms with Gasteiger partial charge in [-0.15, -0.1) is 0 Å². The van der Waals surface area contributed by atoms with E-state index in [0.717, 1.165) is 25.2 Å². The molecule has 0 unspecified atom stereocenters. The summed E-state index contributed by atoms with van der Waals surface area (Å²) in [5.41, 5.74) is 1.22. The van der Waals surface area contributed by atoms with Gasteiger partial charge in [0.15, 0.2) is 0 Å². The fourth-order valence-corrected chi connectivity index (χ4v) is 2.93. The van der Waals surface area contributed by atoms with Crippen molar-refractivity contribution in [1.82, 2.24) is 14.5 Å². The summed E-state index contributed by atoms with van der Waals surface area (Å²) in [6.07, 6.45) is 3.45. The number of halogens is 1. The van der Waals surface area contributed by atoms with E-state index in [0.29, 0.717) is 21.7 Å². The molecule has 7 heteroatoms. The number of aryl methyl sites for hydroxylation is 1. The molecular formula is C13H13BrN4O2. The number of nitrogens with zero attached hydrogens (tertiary/aromatic N) is 3. The third kappa shape index (κ3) is 2.34. The topological polar surface area (TPSA) is 80.0 Å². The van der Waals surface area contributed by atoms with Gasteiger partial charge in [-0.3, -0.25) is 4.79 Å². The van der Waals surface area contributed by atoms with Gasteiger partial charge in [-0.25, -0.2) is 9.97 Å². The second-order valence-corrected chi connectivity index (χ2v) is 5.34. The number of nitrogens with one attached hydrogen (secondary N) is 1. The molecule has 3 heterocycles. The Balaban J connectivity index is 1.86. The quantitative estimate of drug-likeness (QED) is 0.894. The first kappa shape index (κ1) is 13.3. The largest absolute Gasteiger partial charge is 0.392 e. The van der Waals surface area contributed by atoms with Crippen LogP contribution in [0.3, 0.4) is 0 Å². The first-order valence-electron chi connectivity index (χ1n) is 6.31. The van der Waals surface area contributed by atoms with Crippen molar-refractivity contribution < 1.29 is 9.90 Å². The van der Waals surface area contributed by atoms with Crippen molar-refractivity contribution in [2.75, 3.05) is 5.32 Å². The molecule has 1 aliphatic rings. The van der Waals surface area contributed by atoms with Crippen LogP contribution in [0.15, 0.2) is 22.9 Å². The van der Waals surface area contributed by atoms with Crippen molar-refractivity contribution in [3.05, 3.63) is 40.0 Å². The van der Waals surface area contributed by atoms with E-state index in [4.69, 9.17) is 5.11 Å². The van der Waals surface area contributed by atoms with Gasteiger partial charge in [0, 0.05) is 19.2 Å². The highest BCUT2D eigenvalue weighted by molar-refractivity contribution is 9.10. The van der Waals surface area contributed by atoms with Gasteiger partial charge in [-0.05, 0) is 40.0 Å². The van der Waals surface area contributed by atoms with E-state index in [2.05, 4.69) is 31.2 Å². The van der Waals surface area contributed by atoms with E-state index < -0.39 is 0 Å². The lowest BCUT2D eigenvalue weighted by Gasteiger charge is -2.07. The van der Waals surface area contributed by atoms with Crippen molar-refractivity contribution in [2.45, 2.75) is 26.0 Å². The van der Waals surface area contributed by atoms with Gasteiger partial charge >= 0.3 is 0 Å². The number of carbonyl (C=O) groups excluding carboxylic acids is 1. The van der Waals surface area contributed by atoms with Crippen molar-refractivity contribution >= 4 is 27.7 Å². The summed E-state index contributed by atoms with van der Waals surface area (Å²) in [5.74, 6) is 1.10. The van der Waals surface area contributed by atoms with Crippen molar-refractivity contribution in [2.24, 2.45) is 0 Å². The van der Waals surface area contributed by atoms with Gasteiger partial charge < -0.3 is 15.0 Å². The van der Waals surface area contributed by atoms with Crippen LogP contribution < -0.4 is 5.32 Å². The van der Waals surface area contributed by atoms with Crippen LogP contribution in [0.1, 0.15) is 28.3 Å². The first-order valence-corrected chi connectivity index (χ1v) is 7.10. The lowest BCUT2D eigenvalue weighted by atomic mass is 10.3. The van der Waals surface area contributed by atoms with E-state index in [1.54, 1.807) is 18.3 Å². The minimum Gasteiger partial charge on any atom is -0.392 e. The van der Waals surface area contributed by atoms with E-state index in [9.17, 15) is 4.79 Å².